The summed E-state index contributed by atoms with van der Waals surface area (Å²) in [6.45, 7) is 0.00991. The molecule has 1 aliphatic heterocycles. The first-order valence-electron chi connectivity index (χ1n) is 8.50. The second kappa shape index (κ2) is 8.72. The second-order valence-corrected chi connectivity index (χ2v) is 6.68. The van der Waals surface area contributed by atoms with Gasteiger partial charge in [0.2, 0.25) is 5.95 Å². The molecular weight excluding hydrogens is 418 g/mol. The molecular formula is C16H16ClF4N7O. The monoisotopic (exact) mass is 433 g/mol. The number of urea groups is 1. The first-order valence-corrected chi connectivity index (χ1v) is 8.88. The van der Waals surface area contributed by atoms with Crippen LogP contribution in [0.15, 0.2) is 24.8 Å². The molecule has 1 saturated heterocycles. The highest BCUT2D eigenvalue weighted by molar-refractivity contribution is 6.29. The zero-order valence-electron chi connectivity index (χ0n) is 14.8. The van der Waals surface area contributed by atoms with Crippen LogP contribution < -0.4 is 10.6 Å². The molecule has 0 aromatic carbocycles. The van der Waals surface area contributed by atoms with Crippen LogP contribution in [-0.4, -0.2) is 56.2 Å². The summed E-state index contributed by atoms with van der Waals surface area (Å²) in [6, 6.07) is -1.10. The number of carbonyl (C=O) groups is 1. The Bertz CT molecular complexity index is 852. The Labute approximate surface area is 167 Å². The van der Waals surface area contributed by atoms with Gasteiger partial charge in [-0.05, 0) is 0 Å². The van der Waals surface area contributed by atoms with Crippen LogP contribution >= 0.6 is 11.6 Å². The number of halogens is 5. The van der Waals surface area contributed by atoms with Crippen molar-refractivity contribution < 1.29 is 22.4 Å². The summed E-state index contributed by atoms with van der Waals surface area (Å²) < 4.78 is 51.8. The van der Waals surface area contributed by atoms with Gasteiger partial charge < -0.3 is 15.5 Å². The number of nitrogens with one attached hydrogen (secondary N) is 2. The zero-order chi connectivity index (χ0) is 21.0. The van der Waals surface area contributed by atoms with Gasteiger partial charge in [0.15, 0.2) is 5.15 Å². The van der Waals surface area contributed by atoms with Gasteiger partial charge in [-0.25, -0.2) is 24.1 Å². The van der Waals surface area contributed by atoms with Crippen LogP contribution in [0.2, 0.25) is 5.15 Å². The molecule has 156 valence electrons. The standard InChI is InChI=1S/C16H16ClF4N7O/c17-13-12(22-1-2-23-13)6-26-15(29)28-7-10(18)3-11(8-28)27-14-24-4-9(5-25-14)16(19,20)21/h1-2,4-5,10-11H,3,6-8H2,(H,26,29)(H,24,25,27)/t10-,11-/m1/s1. The highest BCUT2D eigenvalue weighted by Crippen LogP contribution is 2.28. The highest BCUT2D eigenvalue weighted by Gasteiger charge is 2.33. The molecule has 0 aliphatic carbocycles. The van der Waals surface area contributed by atoms with Crippen molar-refractivity contribution in [2.24, 2.45) is 0 Å². The van der Waals surface area contributed by atoms with E-state index in [0.29, 0.717) is 18.1 Å². The van der Waals surface area contributed by atoms with E-state index in [4.69, 9.17) is 11.6 Å². The summed E-state index contributed by atoms with van der Waals surface area (Å²) >= 11 is 5.88. The minimum atomic E-state index is -4.55. The number of aromatic nitrogens is 4. The van der Waals surface area contributed by atoms with Gasteiger partial charge in [-0.2, -0.15) is 13.2 Å². The van der Waals surface area contributed by atoms with Gasteiger partial charge in [0.25, 0.3) is 0 Å². The largest absolute Gasteiger partial charge is 0.419 e. The molecule has 2 amide bonds. The van der Waals surface area contributed by atoms with E-state index in [2.05, 4.69) is 30.6 Å². The molecule has 0 radical (unpaired) electrons. The van der Waals surface area contributed by atoms with Crippen molar-refractivity contribution in [3.05, 3.63) is 41.2 Å². The lowest BCUT2D eigenvalue weighted by atomic mass is 10.0. The van der Waals surface area contributed by atoms with Crippen LogP contribution in [0.25, 0.3) is 0 Å². The van der Waals surface area contributed by atoms with Crippen molar-refractivity contribution in [1.82, 2.24) is 30.2 Å². The van der Waals surface area contributed by atoms with Gasteiger partial charge in [0.1, 0.15) is 6.17 Å². The number of nitrogens with zero attached hydrogens (tertiary/aromatic N) is 5. The lowest BCUT2D eigenvalue weighted by Gasteiger charge is -2.35. The average Bonchev–Trinajstić information content (AvgIpc) is 2.66. The van der Waals surface area contributed by atoms with Crippen molar-refractivity contribution in [1.29, 1.82) is 0 Å². The van der Waals surface area contributed by atoms with Crippen molar-refractivity contribution in [2.45, 2.75) is 31.4 Å². The molecule has 8 nitrogen and oxygen atoms in total. The summed E-state index contributed by atoms with van der Waals surface area (Å²) in [5, 5.41) is 5.50. The summed E-state index contributed by atoms with van der Waals surface area (Å²) in [6.07, 6.45) is -1.69. The molecule has 29 heavy (non-hydrogen) atoms. The molecule has 2 aromatic heterocycles. The van der Waals surface area contributed by atoms with E-state index in [1.165, 1.54) is 17.3 Å². The third kappa shape index (κ3) is 5.62. The lowest BCUT2D eigenvalue weighted by molar-refractivity contribution is -0.138. The molecule has 1 aliphatic rings. The number of carbonyl (C=O) groups excluding carboxylic acids is 1. The SMILES string of the molecule is O=C(NCc1nccnc1Cl)N1C[C@H](F)C[C@@H](Nc2ncc(C(F)(F)F)cn2)C1. The summed E-state index contributed by atoms with van der Waals surface area (Å²) in [5.74, 6) is -0.0798. The van der Waals surface area contributed by atoms with Gasteiger partial charge in [0.05, 0.1) is 24.3 Å². The molecule has 1 fully saturated rings. The van der Waals surface area contributed by atoms with Crippen LogP contribution in [0.1, 0.15) is 17.7 Å². The summed E-state index contributed by atoms with van der Waals surface area (Å²) in [4.78, 5) is 28.7. The lowest BCUT2D eigenvalue weighted by Crippen LogP contribution is -2.52. The number of amides is 2. The number of likely N-dealkylation sites (tertiary alicyclic amines) is 1. The fraction of sp³-hybridized carbons (Fsp3) is 0.438. The van der Waals surface area contributed by atoms with E-state index in [9.17, 15) is 22.4 Å². The van der Waals surface area contributed by atoms with E-state index in [1.807, 2.05) is 0 Å². The fourth-order valence-corrected chi connectivity index (χ4v) is 2.95. The molecule has 2 atom stereocenters. The van der Waals surface area contributed by atoms with Crippen molar-refractivity contribution >= 4 is 23.6 Å². The van der Waals surface area contributed by atoms with Crippen LogP contribution in [0, 0.1) is 0 Å². The Hall–Kier alpha value is -2.76. The van der Waals surface area contributed by atoms with E-state index < -0.39 is 30.0 Å². The molecule has 3 rings (SSSR count). The quantitative estimate of drug-likeness (QED) is 0.720. The molecule has 0 bridgehead atoms. The van der Waals surface area contributed by atoms with Crippen molar-refractivity contribution in [2.75, 3.05) is 18.4 Å². The number of alkyl halides is 4. The first-order chi connectivity index (χ1) is 13.7. The van der Waals surface area contributed by atoms with Crippen molar-refractivity contribution in [3.63, 3.8) is 0 Å². The normalized spacial score (nSPS) is 19.7. The topological polar surface area (TPSA) is 95.9 Å². The Morgan fingerprint density at radius 3 is 2.52 bits per heavy atom. The number of rotatable bonds is 4. The predicted molar refractivity (Wildman–Crippen MR) is 94.8 cm³/mol. The Kier molecular flexibility index (Phi) is 6.30. The molecule has 2 aromatic rings. The maximum absolute atomic E-state index is 14.1. The van der Waals surface area contributed by atoms with Crippen LogP contribution in [0.3, 0.4) is 0 Å². The van der Waals surface area contributed by atoms with Crippen LogP contribution in [-0.2, 0) is 12.7 Å². The maximum atomic E-state index is 14.1. The smallest absolute Gasteiger partial charge is 0.350 e. The van der Waals surface area contributed by atoms with E-state index >= 15 is 0 Å². The van der Waals surface area contributed by atoms with Gasteiger partial charge in [-0.15, -0.1) is 0 Å². The van der Waals surface area contributed by atoms with Crippen molar-refractivity contribution in [3.8, 4) is 0 Å². The molecule has 0 spiro atoms. The number of hydrogen-bond donors (Lipinski definition) is 2. The molecule has 2 N–H and O–H groups in total. The van der Waals surface area contributed by atoms with Crippen LogP contribution in [0.5, 0.6) is 0 Å². The van der Waals surface area contributed by atoms with Gasteiger partial charge in [0, 0.05) is 43.8 Å². The Morgan fingerprint density at radius 2 is 1.86 bits per heavy atom. The molecule has 13 heteroatoms. The average molecular weight is 434 g/mol. The molecule has 3 heterocycles. The number of piperidine rings is 1. The maximum Gasteiger partial charge on any atom is 0.419 e. The summed E-state index contributed by atoms with van der Waals surface area (Å²) in [7, 11) is 0. The van der Waals surface area contributed by atoms with Crippen LogP contribution in [0.4, 0.5) is 28.3 Å². The Balaban J connectivity index is 1.58. The first kappa shape index (κ1) is 21.0. The third-order valence-corrected chi connectivity index (χ3v) is 4.44. The van der Waals surface area contributed by atoms with Gasteiger partial charge in [-0.1, -0.05) is 11.6 Å². The second-order valence-electron chi connectivity index (χ2n) is 6.32. The third-order valence-electron chi connectivity index (χ3n) is 4.13. The highest BCUT2D eigenvalue weighted by atomic mass is 35.5. The molecule has 0 saturated carbocycles. The minimum Gasteiger partial charge on any atom is -0.350 e. The van der Waals surface area contributed by atoms with E-state index in [-0.39, 0.29) is 37.2 Å². The number of anilines is 1. The Morgan fingerprint density at radius 1 is 1.17 bits per heavy atom. The van der Waals surface area contributed by atoms with Gasteiger partial charge in [-0.3, -0.25) is 4.98 Å². The summed E-state index contributed by atoms with van der Waals surface area (Å²) in [5.41, 5.74) is -0.622. The van der Waals surface area contributed by atoms with E-state index in [0.717, 1.165) is 0 Å². The minimum absolute atomic E-state index is 0.0130. The van der Waals surface area contributed by atoms with E-state index in [1.54, 1.807) is 0 Å². The molecule has 0 unspecified atom stereocenters. The predicted octanol–water partition coefficient (Wildman–Crippen LogP) is 2.67. The number of hydrogen-bond acceptors (Lipinski definition) is 6. The van der Waals surface area contributed by atoms with Gasteiger partial charge >= 0.3 is 12.2 Å². The fourth-order valence-electron chi connectivity index (χ4n) is 2.78. The zero-order valence-corrected chi connectivity index (χ0v) is 15.6.